The number of rotatable bonds is 13. The Hall–Kier alpha value is -3.79. The summed E-state index contributed by atoms with van der Waals surface area (Å²) < 4.78 is 21.1. The van der Waals surface area contributed by atoms with Gasteiger partial charge in [-0.2, -0.15) is 5.10 Å². The summed E-state index contributed by atoms with van der Waals surface area (Å²) >= 11 is 5.95. The van der Waals surface area contributed by atoms with Gasteiger partial charge in [0.05, 0.1) is 31.0 Å². The second-order valence-corrected chi connectivity index (χ2v) is 6.93. The number of esters is 1. The van der Waals surface area contributed by atoms with Gasteiger partial charge in [0.15, 0.2) is 24.7 Å². The van der Waals surface area contributed by atoms with E-state index in [2.05, 4.69) is 15.8 Å². The monoisotopic (exact) mass is 491 g/mol. The number of halogens is 1. The van der Waals surface area contributed by atoms with Gasteiger partial charge in [-0.25, -0.2) is 10.2 Å². The summed E-state index contributed by atoms with van der Waals surface area (Å²) in [5.74, 6) is -0.343. The zero-order valence-electron chi connectivity index (χ0n) is 18.8. The average Bonchev–Trinajstić information content (AvgIpc) is 2.82. The van der Waals surface area contributed by atoms with Crippen LogP contribution in [0.4, 0.5) is 0 Å². The van der Waals surface area contributed by atoms with Crippen LogP contribution >= 0.6 is 11.6 Å². The van der Waals surface area contributed by atoms with Crippen molar-refractivity contribution in [1.82, 2.24) is 10.7 Å². The normalized spacial score (nSPS) is 10.4. The average molecular weight is 492 g/mol. The third kappa shape index (κ3) is 9.37. The Labute approximate surface area is 202 Å². The van der Waals surface area contributed by atoms with E-state index in [1.165, 1.54) is 6.21 Å². The Kier molecular flexibility index (Phi) is 11.2. The Morgan fingerprint density at radius 3 is 2.41 bits per heavy atom. The highest BCUT2D eigenvalue weighted by atomic mass is 35.5. The van der Waals surface area contributed by atoms with Crippen molar-refractivity contribution < 1.29 is 33.3 Å². The largest absolute Gasteiger partial charge is 0.490 e. The molecule has 0 aromatic heterocycles. The lowest BCUT2D eigenvalue weighted by atomic mass is 10.2. The molecule has 0 radical (unpaired) electrons. The van der Waals surface area contributed by atoms with E-state index < -0.39 is 17.8 Å². The van der Waals surface area contributed by atoms with Gasteiger partial charge in [0.1, 0.15) is 5.75 Å². The van der Waals surface area contributed by atoms with Gasteiger partial charge in [0, 0.05) is 0 Å². The predicted octanol–water partition coefficient (Wildman–Crippen LogP) is 2.33. The van der Waals surface area contributed by atoms with Crippen molar-refractivity contribution in [3.8, 4) is 17.2 Å². The molecule has 11 heteroatoms. The fourth-order valence-electron chi connectivity index (χ4n) is 2.49. The molecule has 2 rings (SSSR count). The van der Waals surface area contributed by atoms with Crippen molar-refractivity contribution in [3.63, 3.8) is 0 Å². The van der Waals surface area contributed by atoms with Crippen LogP contribution in [0.1, 0.15) is 19.4 Å². The number of hydrazone groups is 1. The van der Waals surface area contributed by atoms with Crippen molar-refractivity contribution in [2.24, 2.45) is 5.10 Å². The highest BCUT2D eigenvalue weighted by molar-refractivity contribution is 6.32. The molecule has 0 aliphatic rings. The molecule has 0 spiro atoms. The molecule has 2 aromatic rings. The lowest BCUT2D eigenvalue weighted by Gasteiger charge is -2.12. The highest BCUT2D eigenvalue weighted by Crippen LogP contribution is 2.28. The number of carbonyl (C=O) groups excluding carboxylic acids is 3. The minimum Gasteiger partial charge on any atom is -0.490 e. The molecule has 0 saturated carbocycles. The van der Waals surface area contributed by atoms with E-state index in [-0.39, 0.29) is 26.4 Å². The summed E-state index contributed by atoms with van der Waals surface area (Å²) in [5, 5.41) is 6.66. The SMILES string of the molecule is CCOC(=O)COc1ccc(C=NNC(=O)CNC(=O)COc2ccccc2Cl)cc1OCC. The standard InChI is InChI=1S/C23H26ClN3O7/c1-3-31-20-11-16(9-10-19(20)34-15-23(30)32-4-2)12-26-27-21(28)13-25-22(29)14-33-18-8-6-5-7-17(18)24/h5-12H,3-4,13-15H2,1-2H3,(H,25,29)(H,27,28). The second kappa shape index (κ2) is 14.4. The molecule has 0 atom stereocenters. The molecule has 10 nitrogen and oxygen atoms in total. The topological polar surface area (TPSA) is 125 Å². The van der Waals surface area contributed by atoms with Gasteiger partial charge in [0.2, 0.25) is 0 Å². The molecule has 2 N–H and O–H groups in total. The summed E-state index contributed by atoms with van der Waals surface area (Å²) in [4.78, 5) is 35.2. The fraction of sp³-hybridized carbons (Fsp3) is 0.304. The first-order chi connectivity index (χ1) is 16.4. The Morgan fingerprint density at radius 2 is 1.68 bits per heavy atom. The quantitative estimate of drug-likeness (QED) is 0.250. The summed E-state index contributed by atoms with van der Waals surface area (Å²) in [6.45, 7) is 3.35. The van der Waals surface area contributed by atoms with Crippen LogP contribution in [0.3, 0.4) is 0 Å². The molecule has 0 unspecified atom stereocenters. The smallest absolute Gasteiger partial charge is 0.344 e. The number of nitrogens with zero attached hydrogens (tertiary/aromatic N) is 1. The van der Waals surface area contributed by atoms with Gasteiger partial charge in [-0.15, -0.1) is 0 Å². The maximum Gasteiger partial charge on any atom is 0.344 e. The van der Waals surface area contributed by atoms with E-state index in [4.69, 9.17) is 30.5 Å². The first-order valence-corrected chi connectivity index (χ1v) is 10.8. The number of ether oxygens (including phenoxy) is 4. The van der Waals surface area contributed by atoms with Crippen molar-refractivity contribution >= 4 is 35.6 Å². The van der Waals surface area contributed by atoms with Crippen LogP contribution in [0.25, 0.3) is 0 Å². The summed E-state index contributed by atoms with van der Waals surface area (Å²) in [6.07, 6.45) is 1.40. The summed E-state index contributed by atoms with van der Waals surface area (Å²) in [6, 6.07) is 11.7. The van der Waals surface area contributed by atoms with E-state index in [9.17, 15) is 14.4 Å². The molecule has 0 bridgehead atoms. The molecular formula is C23H26ClN3O7. The second-order valence-electron chi connectivity index (χ2n) is 6.52. The summed E-state index contributed by atoms with van der Waals surface area (Å²) in [7, 11) is 0. The van der Waals surface area contributed by atoms with Gasteiger partial charge in [-0.05, 0) is 49.7 Å². The maximum absolute atomic E-state index is 11.9. The van der Waals surface area contributed by atoms with E-state index in [0.717, 1.165) is 0 Å². The predicted molar refractivity (Wildman–Crippen MR) is 125 cm³/mol. The number of nitrogens with one attached hydrogen (secondary N) is 2. The first kappa shape index (κ1) is 26.5. The molecule has 2 amide bonds. The van der Waals surface area contributed by atoms with Crippen LogP contribution in [0, 0.1) is 0 Å². The van der Waals surface area contributed by atoms with Crippen LogP contribution in [-0.2, 0) is 19.1 Å². The number of para-hydroxylation sites is 1. The third-order valence-electron chi connectivity index (χ3n) is 3.96. The van der Waals surface area contributed by atoms with Gasteiger partial charge < -0.3 is 24.3 Å². The van der Waals surface area contributed by atoms with E-state index in [1.54, 1.807) is 49.4 Å². The molecular weight excluding hydrogens is 466 g/mol. The molecule has 0 aliphatic heterocycles. The first-order valence-electron chi connectivity index (χ1n) is 10.4. The zero-order valence-corrected chi connectivity index (χ0v) is 19.6. The maximum atomic E-state index is 11.9. The Bertz CT molecular complexity index is 1010. The lowest BCUT2D eigenvalue weighted by molar-refractivity contribution is -0.145. The molecule has 0 aliphatic carbocycles. The van der Waals surface area contributed by atoms with Crippen LogP contribution < -0.4 is 25.0 Å². The van der Waals surface area contributed by atoms with Crippen LogP contribution in [0.2, 0.25) is 5.02 Å². The fourth-order valence-corrected chi connectivity index (χ4v) is 2.68. The minimum absolute atomic E-state index is 0.243. The number of hydrogen-bond donors (Lipinski definition) is 2. The van der Waals surface area contributed by atoms with E-state index in [1.807, 2.05) is 6.92 Å². The Morgan fingerprint density at radius 1 is 0.912 bits per heavy atom. The van der Waals surface area contributed by atoms with Gasteiger partial charge in [-0.3, -0.25) is 9.59 Å². The number of benzene rings is 2. The highest BCUT2D eigenvalue weighted by Gasteiger charge is 2.10. The molecule has 182 valence electrons. The minimum atomic E-state index is -0.526. The van der Waals surface area contributed by atoms with Crippen molar-refractivity contribution in [2.45, 2.75) is 13.8 Å². The van der Waals surface area contributed by atoms with Crippen molar-refractivity contribution in [2.75, 3.05) is 33.0 Å². The van der Waals surface area contributed by atoms with Crippen LogP contribution in [-0.4, -0.2) is 57.0 Å². The van der Waals surface area contributed by atoms with Gasteiger partial charge in [-0.1, -0.05) is 23.7 Å². The zero-order chi connectivity index (χ0) is 24.8. The molecule has 0 saturated heterocycles. The van der Waals surface area contributed by atoms with Gasteiger partial charge in [0.25, 0.3) is 11.8 Å². The van der Waals surface area contributed by atoms with Crippen LogP contribution in [0.5, 0.6) is 17.2 Å². The Balaban J connectivity index is 1.80. The number of carbonyl (C=O) groups is 3. The van der Waals surface area contributed by atoms with E-state index >= 15 is 0 Å². The van der Waals surface area contributed by atoms with Crippen molar-refractivity contribution in [3.05, 3.63) is 53.1 Å². The molecule has 2 aromatic carbocycles. The number of amides is 2. The van der Waals surface area contributed by atoms with E-state index in [0.29, 0.717) is 34.4 Å². The molecule has 34 heavy (non-hydrogen) atoms. The molecule has 0 fully saturated rings. The lowest BCUT2D eigenvalue weighted by Crippen LogP contribution is -2.37. The third-order valence-corrected chi connectivity index (χ3v) is 4.28. The van der Waals surface area contributed by atoms with Crippen LogP contribution in [0.15, 0.2) is 47.6 Å². The van der Waals surface area contributed by atoms with Crippen molar-refractivity contribution in [1.29, 1.82) is 0 Å². The number of hydrogen-bond acceptors (Lipinski definition) is 8. The summed E-state index contributed by atoms with van der Waals surface area (Å²) in [5.41, 5.74) is 2.93. The molecule has 0 heterocycles. The van der Waals surface area contributed by atoms with Gasteiger partial charge >= 0.3 is 5.97 Å².